The van der Waals surface area contributed by atoms with E-state index in [0.717, 1.165) is 55.4 Å². The van der Waals surface area contributed by atoms with E-state index in [-0.39, 0.29) is 12.0 Å². The molecule has 3 aromatic heterocycles. The first kappa shape index (κ1) is 17.1. The number of nitrogens with zero attached hydrogens (tertiary/aromatic N) is 7. The molecule has 28 heavy (non-hydrogen) atoms. The Morgan fingerprint density at radius 1 is 1.07 bits per heavy atom. The molecule has 0 amide bonds. The first-order valence-electron chi connectivity index (χ1n) is 9.11. The number of rotatable bonds is 4. The van der Waals surface area contributed by atoms with Gasteiger partial charge in [0.2, 0.25) is 5.95 Å². The standard InChI is InChI=1S/C17H17F3N8/c18-17(19,20)12-5-7-21-16(23-12)22-11-6-8-27(9-11)14-4-3-13-24-25-15(10-1-2-10)28(13)26-14/h3-5,7,10-11H,1-2,6,8-9H2,(H,21,22,23). The lowest BCUT2D eigenvalue weighted by molar-refractivity contribution is -0.141. The van der Waals surface area contributed by atoms with Crippen LogP contribution < -0.4 is 10.2 Å². The second-order valence-electron chi connectivity index (χ2n) is 7.13. The average molecular weight is 390 g/mol. The molecule has 1 saturated heterocycles. The summed E-state index contributed by atoms with van der Waals surface area (Å²) in [6.07, 6.45) is -0.403. The fraction of sp³-hybridized carbons (Fsp3) is 0.471. The molecule has 4 heterocycles. The molecule has 0 radical (unpaired) electrons. The van der Waals surface area contributed by atoms with Gasteiger partial charge in [0, 0.05) is 31.2 Å². The SMILES string of the molecule is FC(F)(F)c1ccnc(NC2CCN(c3ccc4nnc(C5CC5)n4n3)C2)n1. The van der Waals surface area contributed by atoms with Crippen LogP contribution in [0.15, 0.2) is 24.4 Å². The molecule has 1 N–H and O–H groups in total. The summed E-state index contributed by atoms with van der Waals surface area (Å²) in [6, 6.07) is 4.58. The number of nitrogens with one attached hydrogen (secondary N) is 1. The zero-order valence-electron chi connectivity index (χ0n) is 14.8. The number of hydrogen-bond acceptors (Lipinski definition) is 7. The molecule has 1 atom stereocenters. The van der Waals surface area contributed by atoms with Crippen LogP contribution in [0.25, 0.3) is 5.65 Å². The molecule has 2 fully saturated rings. The smallest absolute Gasteiger partial charge is 0.353 e. The van der Waals surface area contributed by atoms with Crippen molar-refractivity contribution in [1.29, 1.82) is 0 Å². The highest BCUT2D eigenvalue weighted by Crippen LogP contribution is 2.38. The predicted octanol–water partition coefficient (Wildman–Crippen LogP) is 2.50. The number of anilines is 2. The summed E-state index contributed by atoms with van der Waals surface area (Å²) in [5, 5.41) is 16.1. The third-order valence-electron chi connectivity index (χ3n) is 5.01. The van der Waals surface area contributed by atoms with E-state index in [2.05, 4.69) is 35.5 Å². The maximum Gasteiger partial charge on any atom is 0.433 e. The minimum absolute atomic E-state index is 0.0140. The van der Waals surface area contributed by atoms with Crippen LogP contribution >= 0.6 is 0 Å². The van der Waals surface area contributed by atoms with Crippen molar-refractivity contribution >= 4 is 17.4 Å². The average Bonchev–Trinajstić information content (AvgIpc) is 3.25. The van der Waals surface area contributed by atoms with Crippen molar-refractivity contribution < 1.29 is 13.2 Å². The van der Waals surface area contributed by atoms with Gasteiger partial charge >= 0.3 is 6.18 Å². The molecule has 8 nitrogen and oxygen atoms in total. The van der Waals surface area contributed by atoms with Crippen LogP contribution in [0.1, 0.15) is 36.7 Å². The lowest BCUT2D eigenvalue weighted by Crippen LogP contribution is -2.28. The number of halogens is 3. The van der Waals surface area contributed by atoms with E-state index in [0.29, 0.717) is 12.5 Å². The van der Waals surface area contributed by atoms with Crippen LogP contribution in [0.2, 0.25) is 0 Å². The van der Waals surface area contributed by atoms with Gasteiger partial charge in [0.05, 0.1) is 0 Å². The van der Waals surface area contributed by atoms with Gasteiger partial charge in [0.15, 0.2) is 11.5 Å². The summed E-state index contributed by atoms with van der Waals surface area (Å²) in [5.41, 5.74) is -0.232. The van der Waals surface area contributed by atoms with Gasteiger partial charge in [-0.3, -0.25) is 0 Å². The van der Waals surface area contributed by atoms with Gasteiger partial charge in [-0.05, 0) is 37.5 Å². The Morgan fingerprint density at radius 3 is 2.71 bits per heavy atom. The molecule has 1 aliphatic heterocycles. The maximum atomic E-state index is 12.8. The van der Waals surface area contributed by atoms with Gasteiger partial charge in [0.1, 0.15) is 11.5 Å². The number of hydrogen-bond donors (Lipinski definition) is 1. The van der Waals surface area contributed by atoms with E-state index >= 15 is 0 Å². The van der Waals surface area contributed by atoms with Crippen molar-refractivity contribution in [3.05, 3.63) is 35.9 Å². The molecular weight excluding hydrogens is 373 g/mol. The molecular formula is C17H17F3N8. The molecule has 1 aliphatic carbocycles. The summed E-state index contributed by atoms with van der Waals surface area (Å²) >= 11 is 0. The summed E-state index contributed by atoms with van der Waals surface area (Å²) < 4.78 is 40.2. The molecule has 0 spiro atoms. The summed E-state index contributed by atoms with van der Waals surface area (Å²) in [6.45, 7) is 1.33. The lowest BCUT2D eigenvalue weighted by atomic mass is 10.3. The zero-order valence-corrected chi connectivity index (χ0v) is 14.8. The molecule has 146 valence electrons. The lowest BCUT2D eigenvalue weighted by Gasteiger charge is -2.18. The fourth-order valence-corrected chi connectivity index (χ4v) is 3.42. The third kappa shape index (κ3) is 3.20. The molecule has 2 aliphatic rings. The number of alkyl halides is 3. The van der Waals surface area contributed by atoms with E-state index in [1.54, 1.807) is 4.52 Å². The molecule has 11 heteroatoms. The van der Waals surface area contributed by atoms with Crippen LogP contribution in [-0.4, -0.2) is 48.9 Å². The van der Waals surface area contributed by atoms with Crippen molar-refractivity contribution in [1.82, 2.24) is 29.8 Å². The second kappa shape index (κ2) is 6.28. The molecule has 0 bridgehead atoms. The van der Waals surface area contributed by atoms with Crippen LogP contribution in [0.3, 0.4) is 0 Å². The minimum Gasteiger partial charge on any atom is -0.353 e. The zero-order chi connectivity index (χ0) is 19.3. The van der Waals surface area contributed by atoms with Gasteiger partial charge in [0.25, 0.3) is 0 Å². The Balaban J connectivity index is 1.31. The third-order valence-corrected chi connectivity index (χ3v) is 5.01. The molecule has 5 rings (SSSR count). The minimum atomic E-state index is -4.49. The topological polar surface area (TPSA) is 84.1 Å². The van der Waals surface area contributed by atoms with E-state index in [1.165, 1.54) is 0 Å². The van der Waals surface area contributed by atoms with Gasteiger partial charge in [-0.15, -0.1) is 15.3 Å². The highest BCUT2D eigenvalue weighted by molar-refractivity contribution is 5.47. The Labute approximate surface area is 157 Å². The fourth-order valence-electron chi connectivity index (χ4n) is 3.42. The molecule has 3 aromatic rings. The van der Waals surface area contributed by atoms with Crippen LogP contribution in [0, 0.1) is 0 Å². The van der Waals surface area contributed by atoms with Crippen LogP contribution in [0.5, 0.6) is 0 Å². The Hall–Kier alpha value is -2.98. The molecule has 0 aromatic carbocycles. The van der Waals surface area contributed by atoms with E-state index in [4.69, 9.17) is 0 Å². The molecule has 1 unspecified atom stereocenters. The monoisotopic (exact) mass is 390 g/mol. The van der Waals surface area contributed by atoms with E-state index in [1.807, 2.05) is 12.1 Å². The number of fused-ring (bicyclic) bond motifs is 1. The van der Waals surface area contributed by atoms with Crippen molar-refractivity contribution in [2.75, 3.05) is 23.3 Å². The van der Waals surface area contributed by atoms with Crippen molar-refractivity contribution in [2.45, 2.75) is 37.4 Å². The Bertz CT molecular complexity index is 1010. The largest absolute Gasteiger partial charge is 0.433 e. The highest BCUT2D eigenvalue weighted by Gasteiger charge is 2.33. The quantitative estimate of drug-likeness (QED) is 0.733. The van der Waals surface area contributed by atoms with E-state index in [9.17, 15) is 13.2 Å². The van der Waals surface area contributed by atoms with Gasteiger partial charge < -0.3 is 10.2 Å². The summed E-state index contributed by atoms with van der Waals surface area (Å²) in [5.74, 6) is 2.11. The Morgan fingerprint density at radius 2 is 1.93 bits per heavy atom. The first-order chi connectivity index (χ1) is 13.5. The van der Waals surface area contributed by atoms with E-state index < -0.39 is 11.9 Å². The van der Waals surface area contributed by atoms with Gasteiger partial charge in [-0.2, -0.15) is 17.7 Å². The van der Waals surface area contributed by atoms with Crippen LogP contribution in [-0.2, 0) is 6.18 Å². The maximum absolute atomic E-state index is 12.8. The second-order valence-corrected chi connectivity index (χ2v) is 7.13. The van der Waals surface area contributed by atoms with Gasteiger partial charge in [-0.25, -0.2) is 9.97 Å². The normalized spacial score (nSPS) is 20.1. The highest BCUT2D eigenvalue weighted by atomic mass is 19.4. The summed E-state index contributed by atoms with van der Waals surface area (Å²) in [7, 11) is 0. The Kier molecular flexibility index (Phi) is 3.84. The summed E-state index contributed by atoms with van der Waals surface area (Å²) in [4.78, 5) is 9.57. The van der Waals surface area contributed by atoms with Gasteiger partial charge in [-0.1, -0.05) is 0 Å². The van der Waals surface area contributed by atoms with Crippen LogP contribution in [0.4, 0.5) is 24.9 Å². The predicted molar refractivity (Wildman–Crippen MR) is 94.0 cm³/mol. The number of aromatic nitrogens is 6. The molecule has 1 saturated carbocycles. The first-order valence-corrected chi connectivity index (χ1v) is 9.11. The van der Waals surface area contributed by atoms with Crippen molar-refractivity contribution in [3.63, 3.8) is 0 Å². The van der Waals surface area contributed by atoms with Crippen molar-refractivity contribution in [2.24, 2.45) is 0 Å². The van der Waals surface area contributed by atoms with Crippen molar-refractivity contribution in [3.8, 4) is 0 Å².